The molecule has 2 rings (SSSR count). The molecular weight excluding hydrogens is 287 g/mol. The molecule has 0 saturated carbocycles. The van der Waals surface area contributed by atoms with Gasteiger partial charge in [-0.1, -0.05) is 42.5 Å². The van der Waals surface area contributed by atoms with Gasteiger partial charge in [0.2, 0.25) is 7.37 Å². The number of hydrogen-bond acceptors (Lipinski definition) is 3. The predicted octanol–water partition coefficient (Wildman–Crippen LogP) is 3.20. The zero-order valence-electron chi connectivity index (χ0n) is 11.8. The van der Waals surface area contributed by atoms with E-state index in [1.807, 2.05) is 30.3 Å². The van der Waals surface area contributed by atoms with Crippen molar-refractivity contribution < 1.29 is 19.3 Å². The summed E-state index contributed by atoms with van der Waals surface area (Å²) in [5.74, 6) is -0.727. The van der Waals surface area contributed by atoms with Crippen LogP contribution in [0.2, 0.25) is 0 Å². The molecule has 5 heteroatoms. The zero-order chi connectivity index (χ0) is 15.3. The molecule has 112 valence electrons. The summed E-state index contributed by atoms with van der Waals surface area (Å²) in [5, 5.41) is 10.1. The maximum atomic E-state index is 12.3. The van der Waals surface area contributed by atoms with Gasteiger partial charge < -0.3 is 14.7 Å². The Bertz CT molecular complexity index is 610. The quantitative estimate of drug-likeness (QED) is 0.804. The van der Waals surface area contributed by atoms with Crippen LogP contribution in [0.4, 0.5) is 0 Å². The van der Waals surface area contributed by atoms with E-state index in [2.05, 4.69) is 0 Å². The van der Waals surface area contributed by atoms with Gasteiger partial charge in [-0.05, 0) is 29.7 Å². The van der Waals surface area contributed by atoms with Crippen molar-refractivity contribution in [1.29, 1.82) is 0 Å². The second-order valence-corrected chi connectivity index (χ2v) is 7.31. The molecule has 0 aromatic heterocycles. The van der Waals surface area contributed by atoms with E-state index in [9.17, 15) is 14.6 Å². The van der Waals surface area contributed by atoms with Crippen LogP contribution >= 0.6 is 7.37 Å². The first-order valence-electron chi connectivity index (χ1n) is 6.70. The van der Waals surface area contributed by atoms with E-state index in [0.29, 0.717) is 17.7 Å². The van der Waals surface area contributed by atoms with Crippen molar-refractivity contribution in [2.75, 3.05) is 13.3 Å². The number of benzene rings is 2. The fraction of sp³-hybridized carbons (Fsp3) is 0.250. The van der Waals surface area contributed by atoms with Gasteiger partial charge in [-0.2, -0.15) is 0 Å². The highest BCUT2D eigenvalue weighted by Crippen LogP contribution is 2.54. The molecule has 0 fully saturated rings. The van der Waals surface area contributed by atoms with Crippen molar-refractivity contribution in [1.82, 2.24) is 0 Å². The van der Waals surface area contributed by atoms with Gasteiger partial charge in [-0.25, -0.2) is 0 Å². The highest BCUT2D eigenvalue weighted by Gasteiger charge is 2.30. The second kappa shape index (κ2) is 6.90. The Morgan fingerprint density at radius 3 is 2.29 bits per heavy atom. The Morgan fingerprint density at radius 1 is 1.10 bits per heavy atom. The maximum absolute atomic E-state index is 12.3. The van der Waals surface area contributed by atoms with E-state index < -0.39 is 13.2 Å². The molecule has 0 aliphatic carbocycles. The van der Waals surface area contributed by atoms with Gasteiger partial charge in [0.25, 0.3) is 0 Å². The molecular formula is C16H19O4P. The highest BCUT2D eigenvalue weighted by atomic mass is 31.2. The normalized spacial score (nSPS) is 15.2. The summed E-state index contributed by atoms with van der Waals surface area (Å²) in [5.41, 5.74) is 1.41. The lowest BCUT2D eigenvalue weighted by molar-refractivity contribution is 0.234. The summed E-state index contributed by atoms with van der Waals surface area (Å²) in [4.78, 5) is 10.1. The summed E-state index contributed by atoms with van der Waals surface area (Å²) in [6, 6.07) is 16.0. The number of hydrogen-bond donors (Lipinski definition) is 2. The average molecular weight is 306 g/mol. The summed E-state index contributed by atoms with van der Waals surface area (Å²) in [6.07, 6.45) is 0.506. The first-order chi connectivity index (χ1) is 10.0. The standard InChI is InChI=1S/C16H19O4P/c1-20-15-9-7-14(8-10-15)16(17)21(18,19)12-11-13-5-3-2-4-6-13/h2-10,16-17H,11-12H2,1H3,(H,18,19)/t16-/m0/s1. The first-order valence-corrected chi connectivity index (χ1v) is 8.62. The second-order valence-electron chi connectivity index (χ2n) is 4.86. The van der Waals surface area contributed by atoms with E-state index in [-0.39, 0.29) is 6.16 Å². The topological polar surface area (TPSA) is 66.8 Å². The van der Waals surface area contributed by atoms with Crippen LogP contribution in [-0.4, -0.2) is 23.3 Å². The molecule has 2 aromatic carbocycles. The number of aryl methyl sites for hydroxylation is 1. The molecule has 0 aliphatic heterocycles. The minimum Gasteiger partial charge on any atom is -0.497 e. The molecule has 2 N–H and O–H groups in total. The Morgan fingerprint density at radius 2 is 1.71 bits per heavy atom. The van der Waals surface area contributed by atoms with Gasteiger partial charge in [0.05, 0.1) is 7.11 Å². The smallest absolute Gasteiger partial charge is 0.232 e. The average Bonchev–Trinajstić information content (AvgIpc) is 2.53. The third-order valence-electron chi connectivity index (χ3n) is 3.36. The van der Waals surface area contributed by atoms with Crippen LogP contribution in [-0.2, 0) is 11.0 Å². The molecule has 0 aliphatic rings. The van der Waals surface area contributed by atoms with Crippen molar-refractivity contribution in [2.45, 2.75) is 12.3 Å². The minimum atomic E-state index is -3.68. The Hall–Kier alpha value is -1.61. The molecule has 0 radical (unpaired) electrons. The number of aliphatic hydroxyl groups excluding tert-OH is 1. The third kappa shape index (κ3) is 4.18. The third-order valence-corrected chi connectivity index (χ3v) is 5.29. The van der Waals surface area contributed by atoms with Crippen LogP contribution in [0.15, 0.2) is 54.6 Å². The van der Waals surface area contributed by atoms with Crippen LogP contribution < -0.4 is 4.74 Å². The van der Waals surface area contributed by atoms with Crippen LogP contribution in [0.25, 0.3) is 0 Å². The lowest BCUT2D eigenvalue weighted by atomic mass is 10.2. The summed E-state index contributed by atoms with van der Waals surface area (Å²) in [6.45, 7) is 0. The zero-order valence-corrected chi connectivity index (χ0v) is 12.7. The Kier molecular flexibility index (Phi) is 5.18. The molecule has 2 aromatic rings. The maximum Gasteiger partial charge on any atom is 0.232 e. The predicted molar refractivity (Wildman–Crippen MR) is 82.8 cm³/mol. The molecule has 0 bridgehead atoms. The molecule has 2 atom stereocenters. The Labute approximate surface area is 124 Å². The van der Waals surface area contributed by atoms with E-state index >= 15 is 0 Å². The van der Waals surface area contributed by atoms with Crippen molar-refractivity contribution >= 4 is 7.37 Å². The van der Waals surface area contributed by atoms with Crippen molar-refractivity contribution in [3.63, 3.8) is 0 Å². The fourth-order valence-corrected chi connectivity index (χ4v) is 3.53. The number of aliphatic hydroxyl groups is 1. The van der Waals surface area contributed by atoms with Crippen molar-refractivity contribution in [3.05, 3.63) is 65.7 Å². The SMILES string of the molecule is COc1ccc([C@@H](O)P(=O)(O)CCc2ccccc2)cc1. The lowest BCUT2D eigenvalue weighted by Crippen LogP contribution is -2.04. The molecule has 21 heavy (non-hydrogen) atoms. The van der Waals surface area contributed by atoms with Crippen molar-refractivity contribution in [3.8, 4) is 5.75 Å². The van der Waals surface area contributed by atoms with Gasteiger partial charge >= 0.3 is 0 Å². The molecule has 0 spiro atoms. The Balaban J connectivity index is 2.05. The van der Waals surface area contributed by atoms with Gasteiger partial charge in [0.15, 0.2) is 5.85 Å². The van der Waals surface area contributed by atoms with E-state index in [4.69, 9.17) is 4.74 Å². The summed E-state index contributed by atoms with van der Waals surface area (Å²) >= 11 is 0. The number of ether oxygens (including phenoxy) is 1. The fourth-order valence-electron chi connectivity index (χ4n) is 2.07. The van der Waals surface area contributed by atoms with Crippen molar-refractivity contribution in [2.24, 2.45) is 0 Å². The van der Waals surface area contributed by atoms with Crippen LogP contribution in [0.1, 0.15) is 17.0 Å². The van der Waals surface area contributed by atoms with Crippen LogP contribution in [0.3, 0.4) is 0 Å². The molecule has 1 unspecified atom stereocenters. The molecule has 0 amide bonds. The number of rotatable bonds is 6. The highest BCUT2D eigenvalue weighted by molar-refractivity contribution is 7.58. The van der Waals surface area contributed by atoms with E-state index in [1.54, 1.807) is 31.4 Å². The van der Waals surface area contributed by atoms with Gasteiger partial charge in [-0.15, -0.1) is 0 Å². The van der Waals surface area contributed by atoms with Crippen LogP contribution in [0.5, 0.6) is 5.75 Å². The van der Waals surface area contributed by atoms with E-state index in [0.717, 1.165) is 5.56 Å². The van der Waals surface area contributed by atoms with Gasteiger partial charge in [0.1, 0.15) is 5.75 Å². The first kappa shape index (κ1) is 15.8. The molecule has 4 nitrogen and oxygen atoms in total. The minimum absolute atomic E-state index is 0.0458. The number of methoxy groups -OCH3 is 1. The van der Waals surface area contributed by atoms with E-state index in [1.165, 1.54) is 0 Å². The monoisotopic (exact) mass is 306 g/mol. The summed E-state index contributed by atoms with van der Waals surface area (Å²) < 4.78 is 17.3. The van der Waals surface area contributed by atoms with Gasteiger partial charge in [-0.3, -0.25) is 4.57 Å². The van der Waals surface area contributed by atoms with Crippen LogP contribution in [0, 0.1) is 0 Å². The lowest BCUT2D eigenvalue weighted by Gasteiger charge is -2.19. The summed E-state index contributed by atoms with van der Waals surface area (Å²) in [7, 11) is -2.14. The van der Waals surface area contributed by atoms with Gasteiger partial charge in [0, 0.05) is 6.16 Å². The largest absolute Gasteiger partial charge is 0.497 e. The molecule has 0 saturated heterocycles. The molecule has 0 heterocycles.